The Kier molecular flexibility index (Phi) is 7.73. The van der Waals surface area contributed by atoms with Gasteiger partial charge in [0.2, 0.25) is 0 Å². The van der Waals surface area contributed by atoms with Crippen LogP contribution in [-0.4, -0.2) is 21.9 Å². The summed E-state index contributed by atoms with van der Waals surface area (Å²) in [6.07, 6.45) is 3.07. The number of benzene rings is 2. The lowest BCUT2D eigenvalue weighted by atomic mass is 9.87. The molecule has 0 aromatic heterocycles. The first-order valence-corrected chi connectivity index (χ1v) is 9.05. The lowest BCUT2D eigenvalue weighted by Gasteiger charge is -2.20. The molecule has 27 heavy (non-hydrogen) atoms. The summed E-state index contributed by atoms with van der Waals surface area (Å²) in [5.74, 6) is -0.686. The van der Waals surface area contributed by atoms with E-state index in [1.807, 2.05) is 31.2 Å². The van der Waals surface area contributed by atoms with Crippen molar-refractivity contribution in [1.82, 2.24) is 5.48 Å². The van der Waals surface area contributed by atoms with E-state index in [1.165, 1.54) is 11.6 Å². The van der Waals surface area contributed by atoms with Crippen LogP contribution in [0.3, 0.4) is 0 Å². The summed E-state index contributed by atoms with van der Waals surface area (Å²) >= 11 is 5.87. The van der Waals surface area contributed by atoms with Crippen LogP contribution >= 0.6 is 11.6 Å². The zero-order valence-corrected chi connectivity index (χ0v) is 15.8. The average Bonchev–Trinajstić information content (AvgIpc) is 2.68. The second-order valence-electron chi connectivity index (χ2n) is 6.23. The number of nitrogens with one attached hydrogen (secondary N) is 2. The molecule has 0 spiro atoms. The SMILES string of the molecule is CCC(C(=N)CC(O)c1ccc(Cl)cc1)c1ccc(/C=C/C(=O)NO)cc1. The number of carbonyl (C=O) groups is 1. The van der Waals surface area contributed by atoms with Gasteiger partial charge in [0, 0.05) is 29.1 Å². The molecule has 0 aliphatic heterocycles. The number of amides is 1. The summed E-state index contributed by atoms with van der Waals surface area (Å²) in [5, 5.41) is 28.0. The molecule has 0 heterocycles. The summed E-state index contributed by atoms with van der Waals surface area (Å²) in [7, 11) is 0. The molecule has 0 bridgehead atoms. The number of hydrogen-bond acceptors (Lipinski definition) is 4. The second-order valence-corrected chi connectivity index (χ2v) is 6.67. The Balaban J connectivity index is 2.06. The van der Waals surface area contributed by atoms with Gasteiger partial charge in [-0.2, -0.15) is 0 Å². The predicted octanol–water partition coefficient (Wildman–Crippen LogP) is 4.50. The van der Waals surface area contributed by atoms with Gasteiger partial charge in [-0.15, -0.1) is 0 Å². The lowest BCUT2D eigenvalue weighted by molar-refractivity contribution is -0.124. The summed E-state index contributed by atoms with van der Waals surface area (Å²) in [4.78, 5) is 11.0. The van der Waals surface area contributed by atoms with Crippen LogP contribution in [0.2, 0.25) is 5.02 Å². The van der Waals surface area contributed by atoms with E-state index in [-0.39, 0.29) is 12.3 Å². The molecule has 4 N–H and O–H groups in total. The number of hydrogen-bond donors (Lipinski definition) is 4. The van der Waals surface area contributed by atoms with Gasteiger partial charge in [0.1, 0.15) is 0 Å². The number of aliphatic hydroxyl groups excluding tert-OH is 1. The molecular weight excluding hydrogens is 364 g/mol. The van der Waals surface area contributed by atoms with Gasteiger partial charge in [-0.25, -0.2) is 5.48 Å². The maximum Gasteiger partial charge on any atom is 0.267 e. The van der Waals surface area contributed by atoms with E-state index in [0.29, 0.717) is 10.7 Å². The quantitative estimate of drug-likeness (QED) is 0.233. The molecule has 0 aliphatic rings. The number of aliphatic hydroxyl groups is 1. The molecular formula is C21H23ClN2O3. The van der Waals surface area contributed by atoms with Gasteiger partial charge in [-0.1, -0.05) is 54.9 Å². The summed E-state index contributed by atoms with van der Waals surface area (Å²) < 4.78 is 0. The van der Waals surface area contributed by atoms with Gasteiger partial charge in [0.25, 0.3) is 5.91 Å². The van der Waals surface area contributed by atoms with Gasteiger partial charge < -0.3 is 10.5 Å². The highest BCUT2D eigenvalue weighted by Crippen LogP contribution is 2.27. The number of carbonyl (C=O) groups excluding carboxylic acids is 1. The van der Waals surface area contributed by atoms with Crippen molar-refractivity contribution in [2.45, 2.75) is 31.8 Å². The molecule has 6 heteroatoms. The smallest absolute Gasteiger partial charge is 0.267 e. The zero-order chi connectivity index (χ0) is 19.8. The van der Waals surface area contributed by atoms with Gasteiger partial charge in [-0.3, -0.25) is 10.0 Å². The van der Waals surface area contributed by atoms with Crippen LogP contribution in [0.5, 0.6) is 0 Å². The normalized spacial score (nSPS) is 13.3. The van der Waals surface area contributed by atoms with E-state index < -0.39 is 12.0 Å². The first-order chi connectivity index (χ1) is 12.9. The van der Waals surface area contributed by atoms with Crippen molar-refractivity contribution >= 4 is 29.3 Å². The largest absolute Gasteiger partial charge is 0.388 e. The molecule has 5 nitrogen and oxygen atoms in total. The number of rotatable bonds is 8. The Morgan fingerprint density at radius 1 is 1.15 bits per heavy atom. The van der Waals surface area contributed by atoms with E-state index >= 15 is 0 Å². The van der Waals surface area contributed by atoms with E-state index in [2.05, 4.69) is 0 Å². The van der Waals surface area contributed by atoms with Gasteiger partial charge >= 0.3 is 0 Å². The summed E-state index contributed by atoms with van der Waals surface area (Å²) in [5.41, 5.74) is 4.53. The Morgan fingerprint density at radius 2 is 1.74 bits per heavy atom. The van der Waals surface area contributed by atoms with Crippen molar-refractivity contribution < 1.29 is 15.1 Å². The van der Waals surface area contributed by atoms with Crippen LogP contribution in [0, 0.1) is 5.41 Å². The standard InChI is InChI=1S/C21H23ClN2O3/c1-2-18(15-6-3-14(4-7-15)5-12-21(26)24-27)19(23)13-20(25)16-8-10-17(22)11-9-16/h3-12,18,20,23,25,27H,2,13H2,1H3,(H,24,26)/b12-5+,23-19?. The fourth-order valence-corrected chi connectivity index (χ4v) is 3.01. The molecule has 2 rings (SSSR count). The first kappa shape index (κ1) is 20.8. The van der Waals surface area contributed by atoms with Crippen molar-refractivity contribution in [3.63, 3.8) is 0 Å². The highest BCUT2D eigenvalue weighted by Gasteiger charge is 2.19. The fourth-order valence-electron chi connectivity index (χ4n) is 2.89. The molecule has 1 amide bonds. The first-order valence-electron chi connectivity index (χ1n) is 8.67. The van der Waals surface area contributed by atoms with Crippen LogP contribution in [-0.2, 0) is 4.79 Å². The van der Waals surface area contributed by atoms with E-state index in [9.17, 15) is 9.90 Å². The van der Waals surface area contributed by atoms with Crippen molar-refractivity contribution in [2.24, 2.45) is 0 Å². The minimum atomic E-state index is -0.747. The molecule has 0 saturated carbocycles. The minimum absolute atomic E-state index is 0.0919. The Morgan fingerprint density at radius 3 is 2.30 bits per heavy atom. The molecule has 0 aliphatic carbocycles. The number of hydroxylamine groups is 1. The molecule has 2 atom stereocenters. The molecule has 2 unspecified atom stereocenters. The van der Waals surface area contributed by atoms with Crippen LogP contribution in [0.15, 0.2) is 54.6 Å². The third-order valence-corrected chi connectivity index (χ3v) is 4.63. The highest BCUT2D eigenvalue weighted by atomic mass is 35.5. The monoisotopic (exact) mass is 386 g/mol. The van der Waals surface area contributed by atoms with Crippen LogP contribution < -0.4 is 5.48 Å². The van der Waals surface area contributed by atoms with Crippen LogP contribution in [0.25, 0.3) is 6.08 Å². The number of halogens is 1. The van der Waals surface area contributed by atoms with E-state index in [0.717, 1.165) is 23.1 Å². The van der Waals surface area contributed by atoms with Crippen molar-refractivity contribution in [3.8, 4) is 0 Å². The van der Waals surface area contributed by atoms with Crippen LogP contribution in [0.4, 0.5) is 0 Å². The Hall–Kier alpha value is -2.47. The van der Waals surface area contributed by atoms with Gasteiger partial charge in [-0.05, 0) is 41.3 Å². The van der Waals surface area contributed by atoms with Crippen molar-refractivity contribution in [3.05, 3.63) is 76.3 Å². The van der Waals surface area contributed by atoms with Gasteiger partial charge in [0.05, 0.1) is 6.10 Å². The summed E-state index contributed by atoms with van der Waals surface area (Å²) in [6, 6.07) is 14.5. The average molecular weight is 387 g/mol. The Labute approximate surface area is 163 Å². The highest BCUT2D eigenvalue weighted by molar-refractivity contribution is 6.30. The molecule has 0 radical (unpaired) electrons. The van der Waals surface area contributed by atoms with E-state index in [4.69, 9.17) is 22.2 Å². The third-order valence-electron chi connectivity index (χ3n) is 4.37. The van der Waals surface area contributed by atoms with Crippen molar-refractivity contribution in [1.29, 1.82) is 5.41 Å². The maximum atomic E-state index is 11.0. The van der Waals surface area contributed by atoms with Gasteiger partial charge in [0.15, 0.2) is 0 Å². The maximum absolute atomic E-state index is 11.0. The molecule has 2 aromatic carbocycles. The minimum Gasteiger partial charge on any atom is -0.388 e. The zero-order valence-electron chi connectivity index (χ0n) is 15.0. The predicted molar refractivity (Wildman–Crippen MR) is 107 cm³/mol. The third kappa shape index (κ3) is 6.03. The van der Waals surface area contributed by atoms with Crippen molar-refractivity contribution in [2.75, 3.05) is 0 Å². The lowest BCUT2D eigenvalue weighted by Crippen LogP contribution is -2.15. The molecule has 0 fully saturated rings. The molecule has 0 saturated heterocycles. The fraction of sp³-hybridized carbons (Fsp3) is 0.238. The molecule has 142 valence electrons. The Bertz CT molecular complexity index is 801. The topological polar surface area (TPSA) is 93.4 Å². The molecule has 2 aromatic rings. The second kappa shape index (κ2) is 10.0. The van der Waals surface area contributed by atoms with Crippen LogP contribution in [0.1, 0.15) is 48.5 Å². The summed E-state index contributed by atoms with van der Waals surface area (Å²) in [6.45, 7) is 2.01. The van der Waals surface area contributed by atoms with E-state index in [1.54, 1.807) is 30.3 Å².